The molecule has 6 heteroatoms. The van der Waals surface area contributed by atoms with E-state index in [1.165, 1.54) is 161 Å². The first kappa shape index (κ1) is 41.9. The third-order valence-electron chi connectivity index (χ3n) is 7.33. The van der Waals surface area contributed by atoms with Crippen molar-refractivity contribution in [3.8, 4) is 0 Å². The van der Waals surface area contributed by atoms with Crippen molar-refractivity contribution in [3.63, 3.8) is 0 Å². The van der Waals surface area contributed by atoms with Crippen molar-refractivity contribution < 1.29 is 18.9 Å². The molecule has 0 aliphatic heterocycles. The van der Waals surface area contributed by atoms with Gasteiger partial charge in [0.1, 0.15) is 0 Å². The van der Waals surface area contributed by atoms with Gasteiger partial charge in [0, 0.05) is 0 Å². The van der Waals surface area contributed by atoms with E-state index in [2.05, 4.69) is 42.8 Å². The molecule has 0 unspecified atom stereocenters. The number of allylic oxidation sites excluding steroid dienone is 2. The van der Waals surface area contributed by atoms with Crippen molar-refractivity contribution in [2.75, 3.05) is 19.7 Å². The fourth-order valence-electron chi connectivity index (χ4n) is 4.72. The monoisotopic (exact) mass is 590 g/mol. The second-order valence-electron chi connectivity index (χ2n) is 11.5. The molecule has 0 saturated carbocycles. The maximum atomic E-state index is 10.5. The Bertz CT molecular complexity index is 510. The molecule has 0 aromatic carbocycles. The summed E-state index contributed by atoms with van der Waals surface area (Å²) in [5, 5.41) is 3.57. The van der Waals surface area contributed by atoms with Gasteiger partial charge >= 0.3 is 7.82 Å². The SMILES string of the molecule is CCCCCCCC/C=C\CCCCCCCCOP(=O)(O)O.CCCCCCCCNCCCCCCCC. The van der Waals surface area contributed by atoms with Crippen molar-refractivity contribution >= 4 is 7.82 Å². The highest BCUT2D eigenvalue weighted by molar-refractivity contribution is 7.46. The minimum absolute atomic E-state index is 0.158. The summed E-state index contributed by atoms with van der Waals surface area (Å²) < 4.78 is 14.9. The molecule has 0 atom stereocenters. The summed E-state index contributed by atoms with van der Waals surface area (Å²) >= 11 is 0. The molecule has 0 fully saturated rings. The van der Waals surface area contributed by atoms with Gasteiger partial charge in [0.2, 0.25) is 0 Å². The second-order valence-corrected chi connectivity index (χ2v) is 12.8. The van der Waals surface area contributed by atoms with Crippen LogP contribution in [0, 0.1) is 0 Å². The molecule has 0 saturated heterocycles. The Balaban J connectivity index is 0. The van der Waals surface area contributed by atoms with Crippen LogP contribution in [0.3, 0.4) is 0 Å². The summed E-state index contributed by atoms with van der Waals surface area (Å²) in [5.74, 6) is 0. The van der Waals surface area contributed by atoms with Gasteiger partial charge in [0.15, 0.2) is 0 Å². The number of hydrogen-bond acceptors (Lipinski definition) is 3. The van der Waals surface area contributed by atoms with E-state index in [0.29, 0.717) is 0 Å². The Morgan fingerprint density at radius 1 is 0.500 bits per heavy atom. The minimum Gasteiger partial charge on any atom is -0.317 e. The summed E-state index contributed by atoms with van der Waals surface area (Å²) in [4.78, 5) is 17.1. The molecule has 40 heavy (non-hydrogen) atoms. The fourth-order valence-corrected chi connectivity index (χ4v) is 5.09. The van der Waals surface area contributed by atoms with E-state index in [-0.39, 0.29) is 6.61 Å². The third kappa shape index (κ3) is 44.8. The van der Waals surface area contributed by atoms with E-state index < -0.39 is 7.82 Å². The molecule has 0 spiro atoms. The van der Waals surface area contributed by atoms with E-state index >= 15 is 0 Å². The predicted molar refractivity (Wildman–Crippen MR) is 177 cm³/mol. The van der Waals surface area contributed by atoms with Gasteiger partial charge in [0.25, 0.3) is 0 Å². The molecule has 0 rings (SSSR count). The topological polar surface area (TPSA) is 78.8 Å². The molecule has 0 bridgehead atoms. The minimum atomic E-state index is -4.26. The normalized spacial score (nSPS) is 11.7. The summed E-state index contributed by atoms with van der Waals surface area (Å²) in [6.07, 6.45) is 38.6. The lowest BCUT2D eigenvalue weighted by atomic mass is 10.1. The zero-order valence-electron chi connectivity index (χ0n) is 27.3. The van der Waals surface area contributed by atoms with E-state index in [0.717, 1.165) is 19.3 Å². The number of phosphoric ester groups is 1. The maximum absolute atomic E-state index is 10.5. The molecule has 5 nitrogen and oxygen atoms in total. The largest absolute Gasteiger partial charge is 0.469 e. The van der Waals surface area contributed by atoms with Crippen LogP contribution in [0.1, 0.15) is 188 Å². The average molecular weight is 590 g/mol. The molecule has 0 aliphatic carbocycles. The highest BCUT2D eigenvalue weighted by Gasteiger charge is 2.12. The Morgan fingerprint density at radius 2 is 0.825 bits per heavy atom. The van der Waals surface area contributed by atoms with Crippen LogP contribution < -0.4 is 5.32 Å². The van der Waals surface area contributed by atoms with Crippen LogP contribution in [0.15, 0.2) is 12.2 Å². The Kier molecular flexibility index (Phi) is 38.6. The van der Waals surface area contributed by atoms with Gasteiger partial charge in [-0.15, -0.1) is 0 Å². The first-order valence-electron chi connectivity index (χ1n) is 17.5. The lowest BCUT2D eigenvalue weighted by Crippen LogP contribution is -2.16. The zero-order chi connectivity index (χ0) is 29.8. The van der Waals surface area contributed by atoms with Crippen LogP contribution in [0.25, 0.3) is 0 Å². The molecule has 3 N–H and O–H groups in total. The van der Waals surface area contributed by atoms with E-state index in [9.17, 15) is 4.57 Å². The lowest BCUT2D eigenvalue weighted by molar-refractivity contribution is 0.193. The first-order chi connectivity index (χ1) is 19.5. The standard InChI is InChI=1S/C18H37O4P.C16H35N/c1-2-3-4-5-6-7-8-9-10-11-12-13-14-15-16-17-18-22-23(19,20)21;1-3-5-7-9-11-13-15-17-16-14-12-10-8-6-4-2/h9-10H,2-8,11-18H2,1H3,(H2,19,20,21);17H,3-16H2,1-2H3/b10-9-;. The lowest BCUT2D eigenvalue weighted by Gasteiger charge is -2.04. The molecule has 0 heterocycles. The van der Waals surface area contributed by atoms with Gasteiger partial charge in [0.05, 0.1) is 6.61 Å². The van der Waals surface area contributed by atoms with E-state index in [1.54, 1.807) is 0 Å². The molecule has 0 aliphatic rings. The van der Waals surface area contributed by atoms with Crippen molar-refractivity contribution in [2.45, 2.75) is 188 Å². The van der Waals surface area contributed by atoms with Gasteiger partial charge < -0.3 is 15.1 Å². The molecular formula is C34H72NO4P. The van der Waals surface area contributed by atoms with Crippen LogP contribution in [-0.4, -0.2) is 29.5 Å². The number of phosphoric acid groups is 1. The van der Waals surface area contributed by atoms with Gasteiger partial charge in [-0.1, -0.05) is 155 Å². The van der Waals surface area contributed by atoms with Crippen molar-refractivity contribution in [2.24, 2.45) is 0 Å². The predicted octanol–water partition coefficient (Wildman–Crippen LogP) is 11.4. The molecule has 0 aromatic heterocycles. The van der Waals surface area contributed by atoms with Crippen LogP contribution >= 0.6 is 7.82 Å². The highest BCUT2D eigenvalue weighted by atomic mass is 31.2. The third-order valence-corrected chi connectivity index (χ3v) is 7.85. The molecule has 0 radical (unpaired) electrons. The first-order valence-corrected chi connectivity index (χ1v) is 19.1. The Labute approximate surface area is 251 Å². The van der Waals surface area contributed by atoms with Gasteiger partial charge in [-0.3, -0.25) is 4.52 Å². The second kappa shape index (κ2) is 36.8. The van der Waals surface area contributed by atoms with Crippen molar-refractivity contribution in [1.29, 1.82) is 0 Å². The Hall–Kier alpha value is -0.190. The summed E-state index contributed by atoms with van der Waals surface area (Å²) in [5.41, 5.74) is 0. The molecular weight excluding hydrogens is 517 g/mol. The zero-order valence-corrected chi connectivity index (χ0v) is 28.2. The van der Waals surface area contributed by atoms with Crippen LogP contribution in [0.4, 0.5) is 0 Å². The van der Waals surface area contributed by atoms with Crippen LogP contribution in [0.2, 0.25) is 0 Å². The van der Waals surface area contributed by atoms with E-state index in [1.807, 2.05) is 0 Å². The fraction of sp³-hybridized carbons (Fsp3) is 0.941. The van der Waals surface area contributed by atoms with Gasteiger partial charge in [-0.25, -0.2) is 4.57 Å². The van der Waals surface area contributed by atoms with Crippen LogP contribution in [0.5, 0.6) is 0 Å². The summed E-state index contributed by atoms with van der Waals surface area (Å²) in [6.45, 7) is 9.45. The highest BCUT2D eigenvalue weighted by Crippen LogP contribution is 2.35. The number of rotatable bonds is 31. The summed E-state index contributed by atoms with van der Waals surface area (Å²) in [6, 6.07) is 0. The van der Waals surface area contributed by atoms with Crippen LogP contribution in [-0.2, 0) is 9.09 Å². The smallest absolute Gasteiger partial charge is 0.317 e. The van der Waals surface area contributed by atoms with Crippen molar-refractivity contribution in [3.05, 3.63) is 12.2 Å². The van der Waals surface area contributed by atoms with Gasteiger partial charge in [-0.05, 0) is 58.0 Å². The number of unbranched alkanes of at least 4 members (excludes halogenated alkanes) is 22. The van der Waals surface area contributed by atoms with E-state index in [4.69, 9.17) is 9.79 Å². The number of hydrogen-bond donors (Lipinski definition) is 3. The van der Waals surface area contributed by atoms with Crippen molar-refractivity contribution in [1.82, 2.24) is 5.32 Å². The number of nitrogens with one attached hydrogen (secondary N) is 1. The maximum Gasteiger partial charge on any atom is 0.469 e. The average Bonchev–Trinajstić information content (AvgIpc) is 2.93. The summed E-state index contributed by atoms with van der Waals surface area (Å²) in [7, 11) is -4.26. The molecule has 242 valence electrons. The van der Waals surface area contributed by atoms with Gasteiger partial charge in [-0.2, -0.15) is 0 Å². The molecule has 0 amide bonds. The molecule has 0 aromatic rings. The Morgan fingerprint density at radius 3 is 1.20 bits per heavy atom. The quantitative estimate of drug-likeness (QED) is 0.0426.